The minimum atomic E-state index is 0.549. The van der Waals surface area contributed by atoms with Gasteiger partial charge in [0.15, 0.2) is 0 Å². The van der Waals surface area contributed by atoms with Gasteiger partial charge in [0.1, 0.15) is 0 Å². The number of halogens is 1. The van der Waals surface area contributed by atoms with E-state index in [0.717, 1.165) is 21.6 Å². The molecule has 14 heavy (non-hydrogen) atoms. The topological polar surface area (TPSA) is 37.9 Å². The van der Waals surface area contributed by atoms with E-state index in [4.69, 9.17) is 16.3 Å². The summed E-state index contributed by atoms with van der Waals surface area (Å²) in [6, 6.07) is 4.31. The first-order chi connectivity index (χ1) is 6.72. The molecule has 0 aliphatic rings. The summed E-state index contributed by atoms with van der Waals surface area (Å²) in [5.41, 5.74) is 2.81. The van der Waals surface area contributed by atoms with Crippen LogP contribution >= 0.6 is 11.6 Å². The van der Waals surface area contributed by atoms with Crippen LogP contribution < -0.4 is 4.74 Å². The smallest absolute Gasteiger partial charge is 0.294 e. The minimum Gasteiger partial charge on any atom is -0.465 e. The molecule has 0 bridgehead atoms. The van der Waals surface area contributed by atoms with Crippen molar-refractivity contribution in [2.45, 2.75) is 13.8 Å². The highest BCUT2D eigenvalue weighted by molar-refractivity contribution is 6.32. The lowest BCUT2D eigenvalue weighted by atomic mass is 10.2. The molecule has 4 heteroatoms. The summed E-state index contributed by atoms with van der Waals surface area (Å²) in [6.07, 6.45) is 0. The van der Waals surface area contributed by atoms with Crippen LogP contribution in [0.25, 0.3) is 11.0 Å². The van der Waals surface area contributed by atoms with Gasteiger partial charge in [0, 0.05) is 5.02 Å². The zero-order chi connectivity index (χ0) is 10.1. The molecule has 0 saturated carbocycles. The zero-order valence-corrected chi connectivity index (χ0v) is 8.85. The Bertz CT molecular complexity index is 464. The molecule has 0 fully saturated rings. The summed E-state index contributed by atoms with van der Waals surface area (Å²) in [4.78, 5) is 7.37. The van der Waals surface area contributed by atoms with Crippen molar-refractivity contribution >= 4 is 22.6 Å². The fourth-order valence-corrected chi connectivity index (χ4v) is 1.52. The van der Waals surface area contributed by atoms with Crippen molar-refractivity contribution in [2.24, 2.45) is 0 Å². The average Bonchev–Trinajstić information content (AvgIpc) is 2.56. The number of H-pyrrole nitrogens is 1. The van der Waals surface area contributed by atoms with Gasteiger partial charge in [-0.15, -0.1) is 0 Å². The van der Waals surface area contributed by atoms with Crippen molar-refractivity contribution in [3.63, 3.8) is 0 Å². The fraction of sp³-hybridized carbons (Fsp3) is 0.300. The molecule has 74 valence electrons. The second-order valence-electron chi connectivity index (χ2n) is 3.04. The summed E-state index contributed by atoms with van der Waals surface area (Å²) in [6.45, 7) is 4.47. The number of nitrogens with zero attached hydrogens (tertiary/aromatic N) is 1. The van der Waals surface area contributed by atoms with E-state index in [9.17, 15) is 0 Å². The molecule has 2 rings (SSSR count). The number of aromatic nitrogens is 2. The monoisotopic (exact) mass is 210 g/mol. The molecule has 0 amide bonds. The SMILES string of the molecule is CCOc1nc2c(C)c(Cl)ccc2[nH]1. The third-order valence-corrected chi connectivity index (χ3v) is 2.51. The predicted molar refractivity (Wildman–Crippen MR) is 57.0 cm³/mol. The molecular weight excluding hydrogens is 200 g/mol. The van der Waals surface area contributed by atoms with Gasteiger partial charge in [-0.05, 0) is 31.5 Å². The lowest BCUT2D eigenvalue weighted by Crippen LogP contribution is -1.92. The van der Waals surface area contributed by atoms with E-state index in [2.05, 4.69) is 9.97 Å². The van der Waals surface area contributed by atoms with E-state index >= 15 is 0 Å². The zero-order valence-electron chi connectivity index (χ0n) is 8.10. The minimum absolute atomic E-state index is 0.549. The van der Waals surface area contributed by atoms with Gasteiger partial charge in [-0.2, -0.15) is 4.98 Å². The number of rotatable bonds is 2. The van der Waals surface area contributed by atoms with Crippen LogP contribution in [0.5, 0.6) is 6.01 Å². The average molecular weight is 211 g/mol. The quantitative estimate of drug-likeness (QED) is 0.828. The molecular formula is C10H11ClN2O. The molecule has 1 heterocycles. The van der Waals surface area contributed by atoms with E-state index in [1.54, 1.807) is 0 Å². The van der Waals surface area contributed by atoms with Gasteiger partial charge in [-0.25, -0.2) is 0 Å². The molecule has 1 N–H and O–H groups in total. The maximum Gasteiger partial charge on any atom is 0.294 e. The Balaban J connectivity index is 2.59. The highest BCUT2D eigenvalue weighted by Crippen LogP contribution is 2.25. The third-order valence-electron chi connectivity index (χ3n) is 2.10. The van der Waals surface area contributed by atoms with Crippen molar-refractivity contribution in [1.29, 1.82) is 0 Å². The van der Waals surface area contributed by atoms with Crippen molar-refractivity contribution in [3.05, 3.63) is 22.7 Å². The van der Waals surface area contributed by atoms with Gasteiger partial charge in [0.25, 0.3) is 6.01 Å². The number of hydrogen-bond donors (Lipinski definition) is 1. The summed E-state index contributed by atoms with van der Waals surface area (Å²) >= 11 is 5.98. The molecule has 0 unspecified atom stereocenters. The van der Waals surface area contributed by atoms with Crippen molar-refractivity contribution in [2.75, 3.05) is 6.61 Å². The lowest BCUT2D eigenvalue weighted by molar-refractivity contribution is 0.317. The number of nitrogens with one attached hydrogen (secondary N) is 1. The number of hydrogen-bond acceptors (Lipinski definition) is 2. The van der Waals surface area contributed by atoms with E-state index in [0.29, 0.717) is 12.6 Å². The predicted octanol–water partition coefficient (Wildman–Crippen LogP) is 2.92. The summed E-state index contributed by atoms with van der Waals surface area (Å²) in [7, 11) is 0. The first kappa shape index (κ1) is 9.34. The van der Waals surface area contributed by atoms with E-state index < -0.39 is 0 Å². The normalized spacial score (nSPS) is 10.8. The number of aryl methyl sites for hydroxylation is 1. The largest absolute Gasteiger partial charge is 0.465 e. The first-order valence-corrected chi connectivity index (χ1v) is 4.87. The molecule has 0 atom stereocenters. The molecule has 0 aliphatic heterocycles. The third kappa shape index (κ3) is 1.44. The second-order valence-corrected chi connectivity index (χ2v) is 3.45. The second kappa shape index (κ2) is 3.50. The van der Waals surface area contributed by atoms with Gasteiger partial charge in [0.2, 0.25) is 0 Å². The van der Waals surface area contributed by atoms with Crippen molar-refractivity contribution in [1.82, 2.24) is 9.97 Å². The summed E-state index contributed by atoms with van der Waals surface area (Å²) in [5.74, 6) is 0. The lowest BCUT2D eigenvalue weighted by Gasteiger charge is -1.95. The fourth-order valence-electron chi connectivity index (χ4n) is 1.37. The van der Waals surface area contributed by atoms with E-state index in [1.807, 2.05) is 26.0 Å². The van der Waals surface area contributed by atoms with E-state index in [-0.39, 0.29) is 0 Å². The van der Waals surface area contributed by atoms with Gasteiger partial charge in [0.05, 0.1) is 17.6 Å². The number of ether oxygens (including phenoxy) is 1. The van der Waals surface area contributed by atoms with Crippen LogP contribution in [0.2, 0.25) is 5.02 Å². The highest BCUT2D eigenvalue weighted by Gasteiger charge is 2.07. The Hall–Kier alpha value is -1.22. The highest BCUT2D eigenvalue weighted by atomic mass is 35.5. The van der Waals surface area contributed by atoms with Crippen LogP contribution in [0.1, 0.15) is 12.5 Å². The first-order valence-electron chi connectivity index (χ1n) is 4.50. The molecule has 0 spiro atoms. The summed E-state index contributed by atoms with van der Waals surface area (Å²) < 4.78 is 5.28. The maximum atomic E-state index is 5.98. The number of imidazole rings is 1. The Kier molecular flexibility index (Phi) is 2.33. The molecule has 0 aliphatic carbocycles. The van der Waals surface area contributed by atoms with Crippen molar-refractivity contribution in [3.8, 4) is 6.01 Å². The van der Waals surface area contributed by atoms with Crippen LogP contribution in [-0.4, -0.2) is 16.6 Å². The molecule has 3 nitrogen and oxygen atoms in total. The molecule has 1 aromatic heterocycles. The maximum absolute atomic E-state index is 5.98. The van der Waals surface area contributed by atoms with Crippen LogP contribution in [-0.2, 0) is 0 Å². The Morgan fingerprint density at radius 2 is 2.29 bits per heavy atom. The van der Waals surface area contributed by atoms with Crippen LogP contribution in [0.15, 0.2) is 12.1 Å². The van der Waals surface area contributed by atoms with Crippen molar-refractivity contribution < 1.29 is 4.74 Å². The Morgan fingerprint density at radius 3 is 3.00 bits per heavy atom. The molecule has 1 aromatic carbocycles. The number of aromatic amines is 1. The summed E-state index contributed by atoms with van der Waals surface area (Å²) in [5, 5.41) is 0.729. The van der Waals surface area contributed by atoms with Gasteiger partial charge in [-0.3, -0.25) is 0 Å². The molecule has 0 saturated heterocycles. The van der Waals surface area contributed by atoms with Crippen LogP contribution in [0.4, 0.5) is 0 Å². The Labute approximate surface area is 87.1 Å². The number of fused-ring (bicyclic) bond motifs is 1. The molecule has 0 radical (unpaired) electrons. The van der Waals surface area contributed by atoms with Gasteiger partial charge in [-0.1, -0.05) is 11.6 Å². The Morgan fingerprint density at radius 1 is 1.50 bits per heavy atom. The standard InChI is InChI=1S/C10H11ClN2O/c1-3-14-10-12-8-5-4-7(11)6(2)9(8)13-10/h4-5H,3H2,1-2H3,(H,12,13). The molecule has 2 aromatic rings. The van der Waals surface area contributed by atoms with Crippen LogP contribution in [0.3, 0.4) is 0 Å². The van der Waals surface area contributed by atoms with Crippen LogP contribution in [0, 0.1) is 6.92 Å². The number of benzene rings is 1. The van der Waals surface area contributed by atoms with E-state index in [1.165, 1.54) is 0 Å². The van der Waals surface area contributed by atoms with Gasteiger partial charge < -0.3 is 9.72 Å². The van der Waals surface area contributed by atoms with Gasteiger partial charge >= 0.3 is 0 Å².